The molecular formula is C20H21N3O8. The number of aliphatic carboxylic acids is 4. The molecule has 0 unspecified atom stereocenters. The summed E-state index contributed by atoms with van der Waals surface area (Å²) in [5, 5.41) is 35.0. The third-order valence-corrected chi connectivity index (χ3v) is 3.74. The molecule has 0 bridgehead atoms. The van der Waals surface area contributed by atoms with Gasteiger partial charge in [-0.3, -0.25) is 0 Å². The number of H-pyrrole nitrogens is 1. The molecule has 0 aliphatic heterocycles. The first kappa shape index (κ1) is 24.8. The van der Waals surface area contributed by atoms with Crippen molar-refractivity contribution in [2.75, 3.05) is 6.54 Å². The highest BCUT2D eigenvalue weighted by molar-refractivity contribution is 6.26. The average Bonchev–Trinajstić information content (AvgIpc) is 3.16. The molecule has 31 heavy (non-hydrogen) atoms. The maximum Gasteiger partial charge on any atom is 0.351 e. The summed E-state index contributed by atoms with van der Waals surface area (Å²) in [7, 11) is 0. The molecule has 3 aromatic rings. The van der Waals surface area contributed by atoms with Crippen molar-refractivity contribution >= 4 is 34.9 Å². The Morgan fingerprint density at radius 3 is 1.94 bits per heavy atom. The SMILES string of the molecule is O=C([O-])C(=O)O.O=C([O-])C(=O)O.c1ccc(C[NH2+]CC[n+]2c[nH]c3ccccc32)cc1. The Morgan fingerprint density at radius 1 is 0.871 bits per heavy atom. The lowest BCUT2D eigenvalue weighted by atomic mass is 10.2. The van der Waals surface area contributed by atoms with Crippen molar-refractivity contribution in [1.82, 2.24) is 4.98 Å². The van der Waals surface area contributed by atoms with Crippen molar-refractivity contribution in [2.24, 2.45) is 0 Å². The van der Waals surface area contributed by atoms with Gasteiger partial charge in [-0.15, -0.1) is 0 Å². The molecule has 2 aromatic carbocycles. The van der Waals surface area contributed by atoms with Gasteiger partial charge in [0.25, 0.3) is 0 Å². The summed E-state index contributed by atoms with van der Waals surface area (Å²) in [6.45, 7) is 3.15. The maximum absolute atomic E-state index is 9.04. The van der Waals surface area contributed by atoms with Crippen LogP contribution < -0.4 is 20.1 Å². The normalized spacial score (nSPS) is 9.55. The van der Waals surface area contributed by atoms with Crippen LogP contribution in [0.3, 0.4) is 0 Å². The van der Waals surface area contributed by atoms with E-state index in [2.05, 4.69) is 75.8 Å². The standard InChI is InChI=1S/C16H17N3.2C2H2O4/c1-2-6-14(7-3-1)12-17-10-11-19-13-18-15-8-4-5-9-16(15)19;2*3-1(4)2(5)6/h1-9,13,17H,10-12H2;2*(H,3,4)(H,5,6). The topological polar surface area (TPSA) is 191 Å². The van der Waals surface area contributed by atoms with E-state index in [-0.39, 0.29) is 0 Å². The number of carbonyl (C=O) groups excluding carboxylic acids is 2. The van der Waals surface area contributed by atoms with Gasteiger partial charge in [-0.05, 0) is 12.1 Å². The number of imidazole rings is 1. The number of para-hydroxylation sites is 2. The van der Waals surface area contributed by atoms with Crippen LogP contribution in [0.25, 0.3) is 11.0 Å². The molecule has 0 radical (unpaired) electrons. The molecule has 0 fully saturated rings. The summed E-state index contributed by atoms with van der Waals surface area (Å²) in [6, 6.07) is 19.0. The van der Waals surface area contributed by atoms with Crippen molar-refractivity contribution in [3.63, 3.8) is 0 Å². The second-order valence-electron chi connectivity index (χ2n) is 5.94. The van der Waals surface area contributed by atoms with Crippen molar-refractivity contribution < 1.29 is 49.5 Å². The van der Waals surface area contributed by atoms with E-state index < -0.39 is 23.9 Å². The van der Waals surface area contributed by atoms with Crippen LogP contribution in [0.4, 0.5) is 0 Å². The number of carboxylic acids is 4. The number of nitrogens with one attached hydrogen (secondary N) is 1. The smallest absolute Gasteiger partial charge is 0.351 e. The zero-order chi connectivity index (χ0) is 23.2. The second kappa shape index (κ2) is 13.1. The lowest BCUT2D eigenvalue weighted by Crippen LogP contribution is -2.84. The van der Waals surface area contributed by atoms with Crippen molar-refractivity contribution in [2.45, 2.75) is 13.1 Å². The summed E-state index contributed by atoms with van der Waals surface area (Å²) in [5.74, 6) is -8.02. The third kappa shape index (κ3) is 9.67. The van der Waals surface area contributed by atoms with Crippen LogP contribution in [0.2, 0.25) is 0 Å². The number of benzene rings is 2. The van der Waals surface area contributed by atoms with Gasteiger partial charge in [-0.1, -0.05) is 42.5 Å². The van der Waals surface area contributed by atoms with E-state index in [0.29, 0.717) is 0 Å². The van der Waals surface area contributed by atoms with Crippen molar-refractivity contribution in [3.8, 4) is 0 Å². The largest absolute Gasteiger partial charge is 0.539 e. The van der Waals surface area contributed by atoms with Crippen LogP contribution >= 0.6 is 0 Å². The monoisotopic (exact) mass is 431 g/mol. The molecule has 0 atom stereocenters. The van der Waals surface area contributed by atoms with E-state index in [0.717, 1.165) is 19.6 Å². The van der Waals surface area contributed by atoms with Crippen LogP contribution in [0.5, 0.6) is 0 Å². The lowest BCUT2D eigenvalue weighted by Gasteiger charge is -2.00. The number of aromatic nitrogens is 2. The van der Waals surface area contributed by atoms with Crippen LogP contribution in [0, 0.1) is 0 Å². The van der Waals surface area contributed by atoms with Gasteiger partial charge >= 0.3 is 11.9 Å². The summed E-state index contributed by atoms with van der Waals surface area (Å²) in [4.78, 5) is 39.3. The van der Waals surface area contributed by atoms with Gasteiger partial charge in [0.15, 0.2) is 23.0 Å². The van der Waals surface area contributed by atoms with Crippen molar-refractivity contribution in [3.05, 3.63) is 66.5 Å². The zero-order valence-electron chi connectivity index (χ0n) is 16.3. The quantitative estimate of drug-likeness (QED) is 0.185. The summed E-state index contributed by atoms with van der Waals surface area (Å²) < 4.78 is 2.27. The molecule has 0 aliphatic rings. The number of carboxylic acid groups (broad SMARTS) is 4. The van der Waals surface area contributed by atoms with Crippen LogP contribution in [0.15, 0.2) is 60.9 Å². The fourth-order valence-electron chi connectivity index (χ4n) is 2.36. The number of nitrogens with two attached hydrogens (primary N) is 1. The highest BCUT2D eigenvalue weighted by Crippen LogP contribution is 2.04. The van der Waals surface area contributed by atoms with E-state index in [9.17, 15) is 0 Å². The van der Waals surface area contributed by atoms with E-state index in [1.807, 2.05) is 0 Å². The van der Waals surface area contributed by atoms with Crippen LogP contribution in [-0.2, 0) is 32.3 Å². The molecule has 11 heteroatoms. The van der Waals surface area contributed by atoms with Gasteiger partial charge < -0.3 is 35.3 Å². The Hall–Kier alpha value is -4.25. The summed E-state index contributed by atoms with van der Waals surface area (Å²) >= 11 is 0. The number of quaternary nitrogens is 1. The van der Waals surface area contributed by atoms with Crippen molar-refractivity contribution in [1.29, 1.82) is 0 Å². The highest BCUT2D eigenvalue weighted by Gasteiger charge is 2.08. The minimum absolute atomic E-state index is 1.02. The predicted octanol–water partition coefficient (Wildman–Crippen LogP) is -3.14. The first-order valence-corrected chi connectivity index (χ1v) is 8.92. The molecule has 0 aliphatic carbocycles. The Morgan fingerprint density at radius 2 is 1.39 bits per heavy atom. The maximum atomic E-state index is 9.04. The minimum atomic E-state index is -2.07. The van der Waals surface area contributed by atoms with E-state index >= 15 is 0 Å². The van der Waals surface area contributed by atoms with E-state index in [1.165, 1.54) is 16.6 Å². The molecular weight excluding hydrogens is 410 g/mol. The Kier molecular flexibility index (Phi) is 10.4. The van der Waals surface area contributed by atoms with Gasteiger partial charge in [-0.2, -0.15) is 0 Å². The predicted molar refractivity (Wildman–Crippen MR) is 101 cm³/mol. The lowest BCUT2D eigenvalue weighted by molar-refractivity contribution is -0.745. The fraction of sp³-hybridized carbons (Fsp3) is 0.150. The molecule has 3 rings (SSSR count). The van der Waals surface area contributed by atoms with Gasteiger partial charge in [0.05, 0.1) is 0 Å². The van der Waals surface area contributed by atoms with Gasteiger partial charge in [0.2, 0.25) is 6.33 Å². The zero-order valence-corrected chi connectivity index (χ0v) is 16.3. The molecule has 11 nitrogen and oxygen atoms in total. The molecule has 1 heterocycles. The highest BCUT2D eigenvalue weighted by atomic mass is 16.4. The summed E-state index contributed by atoms with van der Waals surface area (Å²) in [5.41, 5.74) is 3.85. The van der Waals surface area contributed by atoms with Gasteiger partial charge in [0, 0.05) is 5.56 Å². The fourth-order valence-corrected chi connectivity index (χ4v) is 2.36. The molecule has 1 aromatic heterocycles. The second-order valence-corrected chi connectivity index (χ2v) is 5.94. The summed E-state index contributed by atoms with van der Waals surface area (Å²) in [6.07, 6.45) is 2.06. The molecule has 0 saturated heterocycles. The molecule has 0 spiro atoms. The van der Waals surface area contributed by atoms with E-state index in [1.54, 1.807) is 0 Å². The first-order chi connectivity index (χ1) is 14.7. The molecule has 0 saturated carbocycles. The van der Waals surface area contributed by atoms with E-state index in [4.69, 9.17) is 39.6 Å². The average molecular weight is 431 g/mol. The number of rotatable bonds is 5. The van der Waals surface area contributed by atoms with Gasteiger partial charge in [0.1, 0.15) is 19.6 Å². The molecule has 5 N–H and O–H groups in total. The van der Waals surface area contributed by atoms with Crippen LogP contribution in [-0.4, -0.2) is 45.6 Å². The Bertz CT molecular complexity index is 969. The molecule has 0 amide bonds. The number of fused-ring (bicyclic) bond motifs is 1. The first-order valence-electron chi connectivity index (χ1n) is 8.92. The third-order valence-electron chi connectivity index (χ3n) is 3.74. The Balaban J connectivity index is 0.000000333. The number of hydrogen-bond acceptors (Lipinski definition) is 6. The molecule has 164 valence electrons. The minimum Gasteiger partial charge on any atom is -0.539 e. The Labute approximate surface area is 176 Å². The van der Waals surface area contributed by atoms with Crippen LogP contribution in [0.1, 0.15) is 5.56 Å². The number of carbonyl (C=O) groups is 4. The number of nitrogens with zero attached hydrogens (tertiary/aromatic N) is 1. The van der Waals surface area contributed by atoms with Gasteiger partial charge in [-0.25, -0.2) is 19.1 Å². The number of hydrogen-bond donors (Lipinski definition) is 4. The number of aromatic amines is 1.